The molecule has 0 aliphatic carbocycles. The van der Waals surface area contributed by atoms with Crippen LogP contribution >= 0.6 is 27.3 Å². The second-order valence-electron chi connectivity index (χ2n) is 7.28. The van der Waals surface area contributed by atoms with E-state index in [1.165, 1.54) is 11.3 Å². The lowest BCUT2D eigenvalue weighted by Crippen LogP contribution is -2.19. The Morgan fingerprint density at radius 3 is 2.39 bits per heavy atom. The van der Waals surface area contributed by atoms with E-state index >= 15 is 0 Å². The van der Waals surface area contributed by atoms with Crippen molar-refractivity contribution in [2.24, 2.45) is 4.99 Å². The van der Waals surface area contributed by atoms with E-state index in [1.807, 2.05) is 48.5 Å². The lowest BCUT2D eigenvalue weighted by Gasteiger charge is -2.12. The van der Waals surface area contributed by atoms with Crippen molar-refractivity contribution in [3.8, 4) is 22.8 Å². The Balaban J connectivity index is 1.71. The van der Waals surface area contributed by atoms with Gasteiger partial charge in [-0.25, -0.2) is 0 Å². The van der Waals surface area contributed by atoms with Crippen LogP contribution in [0.15, 0.2) is 87.6 Å². The van der Waals surface area contributed by atoms with Crippen molar-refractivity contribution in [3.05, 3.63) is 98.6 Å². The van der Waals surface area contributed by atoms with Gasteiger partial charge in [-0.3, -0.25) is 4.79 Å². The molecular formula is C26H23BrN2O3S. The minimum absolute atomic E-state index is 0.250. The summed E-state index contributed by atoms with van der Waals surface area (Å²) in [5.74, 6) is 1.14. The minimum atomic E-state index is -0.250. The van der Waals surface area contributed by atoms with Crippen LogP contribution in [0.1, 0.15) is 15.9 Å². The molecule has 0 spiro atoms. The van der Waals surface area contributed by atoms with Crippen LogP contribution in [0.3, 0.4) is 0 Å². The largest absolute Gasteiger partial charge is 0.493 e. The van der Waals surface area contributed by atoms with Crippen molar-refractivity contribution < 1.29 is 14.3 Å². The van der Waals surface area contributed by atoms with Crippen LogP contribution in [0.25, 0.3) is 11.3 Å². The Morgan fingerprint density at radius 1 is 0.970 bits per heavy atom. The van der Waals surface area contributed by atoms with Gasteiger partial charge in [0, 0.05) is 22.0 Å². The number of methoxy groups -OCH3 is 2. The zero-order chi connectivity index (χ0) is 23.2. The highest BCUT2D eigenvalue weighted by Gasteiger charge is 2.12. The van der Waals surface area contributed by atoms with Gasteiger partial charge in [-0.15, -0.1) is 11.3 Å². The molecule has 1 amide bonds. The van der Waals surface area contributed by atoms with Crippen LogP contribution < -0.4 is 14.3 Å². The predicted molar refractivity (Wildman–Crippen MR) is 135 cm³/mol. The van der Waals surface area contributed by atoms with Crippen LogP contribution in [0.4, 0.5) is 0 Å². The molecule has 0 unspecified atom stereocenters. The van der Waals surface area contributed by atoms with Crippen LogP contribution in [-0.2, 0) is 13.0 Å². The van der Waals surface area contributed by atoms with Gasteiger partial charge in [0.05, 0.1) is 19.9 Å². The zero-order valence-electron chi connectivity index (χ0n) is 18.3. The first kappa shape index (κ1) is 23.0. The molecule has 0 atom stereocenters. The number of hydrogen-bond donors (Lipinski definition) is 0. The molecule has 0 bridgehead atoms. The summed E-state index contributed by atoms with van der Waals surface area (Å²) >= 11 is 4.96. The fourth-order valence-corrected chi connectivity index (χ4v) is 4.69. The standard InChI is InChI=1S/C26H23BrN2O3S/c1-31-23-13-8-18(16-24(23)32-2)14-15-29-22(19-9-11-21(27)12-10-19)17-33-26(29)28-25(30)20-6-4-3-5-7-20/h3-13,16-17H,14-15H2,1-2H3. The highest BCUT2D eigenvalue weighted by molar-refractivity contribution is 9.10. The molecule has 5 nitrogen and oxygen atoms in total. The van der Waals surface area contributed by atoms with Gasteiger partial charge in [0.25, 0.3) is 5.91 Å². The number of thiazole rings is 1. The number of halogens is 1. The van der Waals surface area contributed by atoms with E-state index in [9.17, 15) is 4.79 Å². The quantitative estimate of drug-likeness (QED) is 0.300. The molecule has 168 valence electrons. The van der Waals surface area contributed by atoms with E-state index in [1.54, 1.807) is 26.4 Å². The molecule has 0 saturated carbocycles. The molecular weight excluding hydrogens is 500 g/mol. The number of ether oxygens (including phenoxy) is 2. The average Bonchev–Trinajstić information content (AvgIpc) is 3.25. The summed E-state index contributed by atoms with van der Waals surface area (Å²) in [5, 5.41) is 2.05. The molecule has 33 heavy (non-hydrogen) atoms. The maximum Gasteiger partial charge on any atom is 0.279 e. The Kier molecular flexibility index (Phi) is 7.42. The average molecular weight is 523 g/mol. The van der Waals surface area contributed by atoms with Crippen molar-refractivity contribution in [2.45, 2.75) is 13.0 Å². The van der Waals surface area contributed by atoms with E-state index in [0.717, 1.165) is 27.7 Å². The Bertz CT molecular complexity index is 1310. The van der Waals surface area contributed by atoms with Crippen molar-refractivity contribution in [2.75, 3.05) is 14.2 Å². The number of rotatable bonds is 7. The molecule has 4 aromatic rings. The highest BCUT2D eigenvalue weighted by atomic mass is 79.9. The summed E-state index contributed by atoms with van der Waals surface area (Å²) in [6.07, 6.45) is 0.743. The van der Waals surface area contributed by atoms with Crippen LogP contribution in [0.2, 0.25) is 0 Å². The number of amides is 1. The molecule has 0 aliphatic heterocycles. The van der Waals surface area contributed by atoms with E-state index in [2.05, 4.69) is 43.0 Å². The first-order chi connectivity index (χ1) is 16.1. The molecule has 4 rings (SSSR count). The maximum atomic E-state index is 12.8. The first-order valence-electron chi connectivity index (χ1n) is 10.4. The summed E-state index contributed by atoms with van der Waals surface area (Å²) in [7, 11) is 3.26. The first-order valence-corrected chi connectivity index (χ1v) is 12.1. The van der Waals surface area contributed by atoms with Gasteiger partial charge in [-0.1, -0.05) is 52.3 Å². The zero-order valence-corrected chi connectivity index (χ0v) is 20.7. The highest BCUT2D eigenvalue weighted by Crippen LogP contribution is 2.28. The van der Waals surface area contributed by atoms with E-state index in [0.29, 0.717) is 28.4 Å². The minimum Gasteiger partial charge on any atom is -0.493 e. The van der Waals surface area contributed by atoms with Crippen LogP contribution in [-0.4, -0.2) is 24.7 Å². The third-order valence-electron chi connectivity index (χ3n) is 5.23. The Morgan fingerprint density at radius 2 is 1.70 bits per heavy atom. The Hall–Kier alpha value is -3.16. The summed E-state index contributed by atoms with van der Waals surface area (Å²) in [5.41, 5.74) is 3.76. The predicted octanol–water partition coefficient (Wildman–Crippen LogP) is 5.98. The summed E-state index contributed by atoms with van der Waals surface area (Å²) in [6, 6.07) is 23.2. The van der Waals surface area contributed by atoms with Crippen molar-refractivity contribution in [3.63, 3.8) is 0 Å². The molecule has 0 fully saturated rings. The fourth-order valence-electron chi connectivity index (χ4n) is 3.50. The van der Waals surface area contributed by atoms with E-state index < -0.39 is 0 Å². The molecule has 0 aliphatic rings. The second-order valence-corrected chi connectivity index (χ2v) is 9.04. The molecule has 0 N–H and O–H groups in total. The van der Waals surface area contributed by atoms with Gasteiger partial charge in [-0.05, 0) is 53.9 Å². The number of benzene rings is 3. The van der Waals surface area contributed by atoms with E-state index in [-0.39, 0.29) is 5.91 Å². The maximum absolute atomic E-state index is 12.8. The molecule has 7 heteroatoms. The number of aryl methyl sites for hydroxylation is 1. The van der Waals surface area contributed by atoms with Crippen molar-refractivity contribution in [1.82, 2.24) is 4.57 Å². The summed E-state index contributed by atoms with van der Waals surface area (Å²) in [6.45, 7) is 0.658. The van der Waals surface area contributed by atoms with E-state index in [4.69, 9.17) is 9.47 Å². The van der Waals surface area contributed by atoms with Gasteiger partial charge in [0.15, 0.2) is 16.3 Å². The van der Waals surface area contributed by atoms with Gasteiger partial charge >= 0.3 is 0 Å². The molecule has 1 aromatic heterocycles. The topological polar surface area (TPSA) is 52.8 Å². The summed E-state index contributed by atoms with van der Waals surface area (Å²) in [4.78, 5) is 17.9. The SMILES string of the molecule is COc1ccc(CCn2c(-c3ccc(Br)cc3)csc2=NC(=O)c2ccccc2)cc1OC. The third kappa shape index (κ3) is 5.43. The second kappa shape index (κ2) is 10.6. The number of aromatic nitrogens is 1. The van der Waals surface area contributed by atoms with Crippen LogP contribution in [0.5, 0.6) is 11.5 Å². The van der Waals surface area contributed by atoms with Gasteiger partial charge in [-0.2, -0.15) is 4.99 Å². The lowest BCUT2D eigenvalue weighted by atomic mass is 10.1. The van der Waals surface area contributed by atoms with Gasteiger partial charge in [0.1, 0.15) is 0 Å². The molecule has 0 radical (unpaired) electrons. The fraction of sp³-hybridized carbons (Fsp3) is 0.154. The molecule has 3 aromatic carbocycles. The summed E-state index contributed by atoms with van der Waals surface area (Å²) < 4.78 is 13.9. The normalized spacial score (nSPS) is 11.4. The number of hydrogen-bond acceptors (Lipinski definition) is 4. The number of carbonyl (C=O) groups excluding carboxylic acids is 1. The molecule has 0 saturated heterocycles. The number of carbonyl (C=O) groups is 1. The van der Waals surface area contributed by atoms with Gasteiger partial charge in [0.2, 0.25) is 0 Å². The monoisotopic (exact) mass is 522 g/mol. The molecule has 1 heterocycles. The Labute approximate surface area is 205 Å². The lowest BCUT2D eigenvalue weighted by molar-refractivity contribution is 0.0998. The smallest absolute Gasteiger partial charge is 0.279 e. The van der Waals surface area contributed by atoms with Crippen LogP contribution in [0, 0.1) is 0 Å². The number of nitrogens with zero attached hydrogens (tertiary/aromatic N) is 2. The third-order valence-corrected chi connectivity index (χ3v) is 6.62. The van der Waals surface area contributed by atoms with Crippen molar-refractivity contribution >= 4 is 33.2 Å². The van der Waals surface area contributed by atoms with Crippen molar-refractivity contribution in [1.29, 1.82) is 0 Å². The van der Waals surface area contributed by atoms with Gasteiger partial charge < -0.3 is 14.0 Å².